The molecule has 0 saturated heterocycles. The number of nitrogen functional groups attached to an aromatic ring is 1. The third kappa shape index (κ3) is 3.12. The zero-order valence-electron chi connectivity index (χ0n) is 11.1. The second-order valence-corrected chi connectivity index (χ2v) is 4.87. The van der Waals surface area contributed by atoms with Gasteiger partial charge in [-0.1, -0.05) is 11.6 Å². The number of amides is 1. The number of carbonyl (C=O) groups excluding carboxylic acids is 1. The van der Waals surface area contributed by atoms with Gasteiger partial charge in [0, 0.05) is 11.4 Å². The second kappa shape index (κ2) is 5.81. The van der Waals surface area contributed by atoms with Crippen molar-refractivity contribution in [2.24, 2.45) is 0 Å². The van der Waals surface area contributed by atoms with Crippen LogP contribution in [0.3, 0.4) is 0 Å². The quantitative estimate of drug-likeness (QED) is 0.833. The summed E-state index contributed by atoms with van der Waals surface area (Å²) in [4.78, 5) is 12.1. The van der Waals surface area contributed by atoms with Gasteiger partial charge >= 0.3 is 0 Å². The van der Waals surface area contributed by atoms with Crippen LogP contribution in [0.5, 0.6) is 0 Å². The summed E-state index contributed by atoms with van der Waals surface area (Å²) in [6, 6.07) is 9.04. The van der Waals surface area contributed by atoms with E-state index in [9.17, 15) is 9.18 Å². The maximum Gasteiger partial charge on any atom is 0.258 e. The Kier molecular flexibility index (Phi) is 4.10. The van der Waals surface area contributed by atoms with Crippen LogP contribution in [0.4, 0.5) is 15.8 Å². The highest BCUT2D eigenvalue weighted by atomic mass is 35.5. The number of nitriles is 1. The summed E-state index contributed by atoms with van der Waals surface area (Å²) < 4.78 is 13.9. The SMILES string of the molecule is Cc1cc(N)cc(C(=O)Nc2ccc(C#N)c(Cl)c2)c1F. The fourth-order valence-electron chi connectivity index (χ4n) is 1.84. The fourth-order valence-corrected chi connectivity index (χ4v) is 2.07. The highest BCUT2D eigenvalue weighted by Crippen LogP contribution is 2.22. The van der Waals surface area contributed by atoms with Gasteiger partial charge in [0.2, 0.25) is 0 Å². The first-order valence-corrected chi connectivity index (χ1v) is 6.37. The third-order valence-corrected chi connectivity index (χ3v) is 3.18. The summed E-state index contributed by atoms with van der Waals surface area (Å²) >= 11 is 5.87. The van der Waals surface area contributed by atoms with Gasteiger partial charge in [-0.15, -0.1) is 0 Å². The number of nitrogens with two attached hydrogens (primary N) is 1. The van der Waals surface area contributed by atoms with E-state index in [0.29, 0.717) is 16.9 Å². The molecular weight excluding hydrogens is 293 g/mol. The van der Waals surface area contributed by atoms with Crippen LogP contribution in [-0.4, -0.2) is 5.91 Å². The number of rotatable bonds is 2. The molecular formula is C15H11ClFN3O. The van der Waals surface area contributed by atoms with Crippen LogP contribution in [0.1, 0.15) is 21.5 Å². The van der Waals surface area contributed by atoms with Crippen LogP contribution >= 0.6 is 11.6 Å². The number of carbonyl (C=O) groups is 1. The number of hydrogen-bond acceptors (Lipinski definition) is 3. The smallest absolute Gasteiger partial charge is 0.258 e. The van der Waals surface area contributed by atoms with Crippen molar-refractivity contribution < 1.29 is 9.18 Å². The standard InChI is InChI=1S/C15H11ClFN3O/c1-8-4-10(19)5-12(14(8)17)15(21)20-11-3-2-9(7-18)13(16)6-11/h2-6H,19H2,1H3,(H,20,21). The van der Waals surface area contributed by atoms with Gasteiger partial charge in [-0.3, -0.25) is 4.79 Å². The van der Waals surface area contributed by atoms with Crippen LogP contribution in [0, 0.1) is 24.1 Å². The van der Waals surface area contributed by atoms with E-state index in [1.54, 1.807) is 0 Å². The van der Waals surface area contributed by atoms with Crippen molar-refractivity contribution in [2.45, 2.75) is 6.92 Å². The number of anilines is 2. The maximum absolute atomic E-state index is 13.9. The Balaban J connectivity index is 2.31. The van der Waals surface area contributed by atoms with E-state index < -0.39 is 11.7 Å². The van der Waals surface area contributed by atoms with Gasteiger partial charge < -0.3 is 11.1 Å². The summed E-state index contributed by atoms with van der Waals surface area (Å²) in [5, 5.41) is 11.5. The molecule has 2 aromatic carbocycles. The Morgan fingerprint density at radius 1 is 1.38 bits per heavy atom. The lowest BCUT2D eigenvalue weighted by molar-refractivity contribution is 0.102. The van der Waals surface area contributed by atoms with Gasteiger partial charge in [0.25, 0.3) is 5.91 Å². The molecule has 3 N–H and O–H groups in total. The lowest BCUT2D eigenvalue weighted by Crippen LogP contribution is -2.15. The molecule has 0 aliphatic rings. The molecule has 0 heterocycles. The minimum Gasteiger partial charge on any atom is -0.399 e. The lowest BCUT2D eigenvalue weighted by atomic mass is 10.1. The number of halogens is 2. The molecule has 21 heavy (non-hydrogen) atoms. The molecule has 0 aromatic heterocycles. The predicted molar refractivity (Wildman–Crippen MR) is 79.7 cm³/mol. The molecule has 0 unspecified atom stereocenters. The number of aryl methyl sites for hydroxylation is 1. The molecule has 2 aromatic rings. The third-order valence-electron chi connectivity index (χ3n) is 2.87. The normalized spacial score (nSPS) is 10.0. The van der Waals surface area contributed by atoms with Gasteiger partial charge in [0.1, 0.15) is 11.9 Å². The molecule has 6 heteroatoms. The van der Waals surface area contributed by atoms with Crippen molar-refractivity contribution in [3.8, 4) is 6.07 Å². The van der Waals surface area contributed by atoms with Crippen molar-refractivity contribution in [2.75, 3.05) is 11.1 Å². The van der Waals surface area contributed by atoms with Crippen molar-refractivity contribution in [1.29, 1.82) is 5.26 Å². The Hall–Kier alpha value is -2.58. The molecule has 2 rings (SSSR count). The summed E-state index contributed by atoms with van der Waals surface area (Å²) in [6.07, 6.45) is 0. The monoisotopic (exact) mass is 303 g/mol. The molecule has 0 aliphatic heterocycles. The molecule has 106 valence electrons. The first-order valence-electron chi connectivity index (χ1n) is 5.99. The largest absolute Gasteiger partial charge is 0.399 e. The summed E-state index contributed by atoms with van der Waals surface area (Å²) in [6.45, 7) is 1.53. The summed E-state index contributed by atoms with van der Waals surface area (Å²) in [7, 11) is 0. The van der Waals surface area contributed by atoms with E-state index in [0.717, 1.165) is 0 Å². The molecule has 0 spiro atoms. The van der Waals surface area contributed by atoms with Gasteiger partial charge in [0.15, 0.2) is 0 Å². The average Bonchev–Trinajstić information content (AvgIpc) is 2.43. The first-order chi connectivity index (χ1) is 9.92. The zero-order valence-corrected chi connectivity index (χ0v) is 11.8. The molecule has 0 bridgehead atoms. The van der Waals surface area contributed by atoms with Crippen LogP contribution in [0.2, 0.25) is 5.02 Å². The second-order valence-electron chi connectivity index (χ2n) is 4.46. The molecule has 0 aliphatic carbocycles. The van der Waals surface area contributed by atoms with Crippen LogP contribution in [-0.2, 0) is 0 Å². The van der Waals surface area contributed by atoms with Crippen LogP contribution < -0.4 is 11.1 Å². The predicted octanol–water partition coefficient (Wildman–Crippen LogP) is 3.49. The van der Waals surface area contributed by atoms with Crippen LogP contribution in [0.15, 0.2) is 30.3 Å². The van der Waals surface area contributed by atoms with E-state index in [2.05, 4.69) is 5.32 Å². The minimum atomic E-state index is -0.635. The zero-order chi connectivity index (χ0) is 15.6. The molecule has 4 nitrogen and oxygen atoms in total. The molecule has 0 radical (unpaired) electrons. The van der Waals surface area contributed by atoms with Gasteiger partial charge in [-0.05, 0) is 42.8 Å². The van der Waals surface area contributed by atoms with Crippen LogP contribution in [0.25, 0.3) is 0 Å². The number of nitrogens with zero attached hydrogens (tertiary/aromatic N) is 1. The Labute approximate surface area is 125 Å². The van der Waals surface area contributed by atoms with Gasteiger partial charge in [-0.25, -0.2) is 4.39 Å². The van der Waals surface area contributed by atoms with E-state index in [1.807, 2.05) is 6.07 Å². The van der Waals surface area contributed by atoms with Crippen molar-refractivity contribution in [3.63, 3.8) is 0 Å². The fraction of sp³-hybridized carbons (Fsp3) is 0.0667. The lowest BCUT2D eigenvalue weighted by Gasteiger charge is -2.09. The Morgan fingerprint density at radius 3 is 2.71 bits per heavy atom. The van der Waals surface area contributed by atoms with E-state index in [-0.39, 0.29) is 16.1 Å². The molecule has 0 saturated carbocycles. The van der Waals surface area contributed by atoms with Gasteiger partial charge in [0.05, 0.1) is 16.1 Å². The summed E-state index contributed by atoms with van der Waals surface area (Å²) in [5.74, 6) is -1.26. The average molecular weight is 304 g/mol. The van der Waals surface area contributed by atoms with Crippen molar-refractivity contribution >= 4 is 28.9 Å². The highest BCUT2D eigenvalue weighted by Gasteiger charge is 2.15. The van der Waals surface area contributed by atoms with Crippen molar-refractivity contribution in [1.82, 2.24) is 0 Å². The summed E-state index contributed by atoms with van der Waals surface area (Å²) in [5.41, 5.74) is 6.72. The maximum atomic E-state index is 13.9. The Morgan fingerprint density at radius 2 is 2.10 bits per heavy atom. The van der Waals surface area contributed by atoms with E-state index in [4.69, 9.17) is 22.6 Å². The Bertz CT molecular complexity index is 768. The van der Waals surface area contributed by atoms with E-state index >= 15 is 0 Å². The van der Waals surface area contributed by atoms with E-state index in [1.165, 1.54) is 37.3 Å². The molecule has 0 atom stereocenters. The first kappa shape index (κ1) is 14.8. The number of nitrogens with one attached hydrogen (secondary N) is 1. The highest BCUT2D eigenvalue weighted by molar-refractivity contribution is 6.32. The van der Waals surface area contributed by atoms with Crippen molar-refractivity contribution in [3.05, 3.63) is 57.9 Å². The number of benzene rings is 2. The molecule has 1 amide bonds. The number of hydrogen-bond donors (Lipinski definition) is 2. The topological polar surface area (TPSA) is 78.9 Å². The minimum absolute atomic E-state index is 0.145. The van der Waals surface area contributed by atoms with Gasteiger partial charge in [-0.2, -0.15) is 5.26 Å². The molecule has 0 fully saturated rings.